The number of nitrogens with one attached hydrogen (secondary N) is 2. The lowest BCUT2D eigenvalue weighted by Gasteiger charge is -2.09. The van der Waals surface area contributed by atoms with Crippen LogP contribution in [0.5, 0.6) is 0 Å². The molecule has 0 bridgehead atoms. The highest BCUT2D eigenvalue weighted by atomic mass is 32.1. The fourth-order valence-corrected chi connectivity index (χ4v) is 2.05. The minimum atomic E-state index is -4.39. The molecule has 2 rings (SSSR count). The molecule has 1 aromatic carbocycles. The molecule has 1 amide bonds. The van der Waals surface area contributed by atoms with Gasteiger partial charge in [-0.1, -0.05) is 0 Å². The van der Waals surface area contributed by atoms with Crippen LogP contribution < -0.4 is 10.6 Å². The van der Waals surface area contributed by atoms with Crippen molar-refractivity contribution < 1.29 is 18.0 Å². The van der Waals surface area contributed by atoms with E-state index < -0.39 is 18.6 Å². The summed E-state index contributed by atoms with van der Waals surface area (Å²) >= 11 is 1.35. The van der Waals surface area contributed by atoms with Crippen LogP contribution in [-0.4, -0.2) is 29.5 Å². The van der Waals surface area contributed by atoms with Crippen molar-refractivity contribution in [2.45, 2.75) is 6.18 Å². The number of hydrogen-bond donors (Lipinski definition) is 2. The second-order valence-electron chi connectivity index (χ2n) is 3.82. The van der Waals surface area contributed by atoms with E-state index in [9.17, 15) is 18.0 Å². The average molecular weight is 289 g/mol. The van der Waals surface area contributed by atoms with Crippen LogP contribution in [0.3, 0.4) is 0 Å². The van der Waals surface area contributed by atoms with Gasteiger partial charge in [-0.25, -0.2) is 0 Å². The van der Waals surface area contributed by atoms with E-state index in [2.05, 4.69) is 9.69 Å². The van der Waals surface area contributed by atoms with Gasteiger partial charge in [0.2, 0.25) is 5.91 Å². The Morgan fingerprint density at radius 2 is 2.16 bits per heavy atom. The third-order valence-corrected chi connectivity index (χ3v) is 3.07. The molecule has 0 radical (unpaired) electrons. The predicted octanol–water partition coefficient (Wildman–Crippen LogP) is 2.39. The fourth-order valence-electron chi connectivity index (χ4n) is 1.43. The van der Waals surface area contributed by atoms with Crippen molar-refractivity contribution in [1.29, 1.82) is 0 Å². The van der Waals surface area contributed by atoms with Gasteiger partial charge >= 0.3 is 6.18 Å². The summed E-state index contributed by atoms with van der Waals surface area (Å²) < 4.78 is 40.6. The Bertz CT molecular complexity index is 582. The van der Waals surface area contributed by atoms with E-state index in [1.54, 1.807) is 23.6 Å². The third-order valence-electron chi connectivity index (χ3n) is 2.29. The maximum atomic E-state index is 11.9. The van der Waals surface area contributed by atoms with Gasteiger partial charge in [0.05, 0.1) is 11.2 Å². The normalized spacial score (nSPS) is 11.5. The summed E-state index contributed by atoms with van der Waals surface area (Å²) in [6, 6.07) is 5.37. The second kappa shape index (κ2) is 5.43. The molecule has 4 nitrogen and oxygen atoms in total. The smallest absolute Gasteiger partial charge is 0.376 e. The highest BCUT2D eigenvalue weighted by Crippen LogP contribution is 2.21. The lowest BCUT2D eigenvalue weighted by Crippen LogP contribution is -2.37. The lowest BCUT2D eigenvalue weighted by molar-refractivity contribution is -0.137. The molecule has 102 valence electrons. The zero-order chi connectivity index (χ0) is 13.9. The van der Waals surface area contributed by atoms with Crippen LogP contribution in [0.25, 0.3) is 10.1 Å². The standard InChI is InChI=1S/C11H10F3N3OS/c12-11(13,14)6-16-10(18)5-15-8-1-2-9-7(3-8)4-17-19-9/h1-4,15H,5-6H2,(H,16,18). The average Bonchev–Trinajstić information content (AvgIpc) is 2.80. The number of fused-ring (bicyclic) bond motifs is 1. The summed E-state index contributed by atoms with van der Waals surface area (Å²) in [7, 11) is 0. The first-order valence-corrected chi connectivity index (χ1v) is 6.13. The molecule has 0 aliphatic carbocycles. The van der Waals surface area contributed by atoms with Crippen molar-refractivity contribution in [3.8, 4) is 0 Å². The van der Waals surface area contributed by atoms with Crippen LogP contribution in [0, 0.1) is 0 Å². The Morgan fingerprint density at radius 3 is 2.89 bits per heavy atom. The quantitative estimate of drug-likeness (QED) is 0.908. The second-order valence-corrected chi connectivity index (χ2v) is 4.66. The monoisotopic (exact) mass is 289 g/mol. The van der Waals surface area contributed by atoms with E-state index in [1.807, 2.05) is 6.07 Å². The molecule has 0 spiro atoms. The molecule has 1 aromatic heterocycles. The van der Waals surface area contributed by atoms with Gasteiger partial charge in [0.25, 0.3) is 0 Å². The Kier molecular flexibility index (Phi) is 3.89. The van der Waals surface area contributed by atoms with Crippen molar-refractivity contribution in [1.82, 2.24) is 9.69 Å². The fraction of sp³-hybridized carbons (Fsp3) is 0.273. The molecule has 0 fully saturated rings. The number of alkyl halides is 3. The van der Waals surface area contributed by atoms with Crippen LogP contribution in [0.15, 0.2) is 24.4 Å². The molecule has 19 heavy (non-hydrogen) atoms. The molecule has 0 unspecified atom stereocenters. The van der Waals surface area contributed by atoms with Crippen molar-refractivity contribution in [2.24, 2.45) is 0 Å². The van der Waals surface area contributed by atoms with E-state index in [-0.39, 0.29) is 6.54 Å². The van der Waals surface area contributed by atoms with Gasteiger partial charge in [-0.2, -0.15) is 17.5 Å². The number of carbonyl (C=O) groups is 1. The number of aromatic nitrogens is 1. The van der Waals surface area contributed by atoms with Crippen LogP contribution in [-0.2, 0) is 4.79 Å². The Balaban J connectivity index is 1.86. The molecular formula is C11H10F3N3OS. The van der Waals surface area contributed by atoms with E-state index in [0.717, 1.165) is 10.1 Å². The minimum absolute atomic E-state index is 0.209. The number of halogens is 3. The lowest BCUT2D eigenvalue weighted by atomic mass is 10.2. The highest BCUT2D eigenvalue weighted by Gasteiger charge is 2.27. The molecule has 8 heteroatoms. The summed E-state index contributed by atoms with van der Waals surface area (Å²) in [5, 5.41) is 5.47. The predicted molar refractivity (Wildman–Crippen MR) is 67.2 cm³/mol. The summed E-state index contributed by atoms with van der Waals surface area (Å²) in [5.41, 5.74) is 0.662. The van der Waals surface area contributed by atoms with Gasteiger partial charge in [-0.3, -0.25) is 4.79 Å². The Morgan fingerprint density at radius 1 is 1.37 bits per heavy atom. The van der Waals surface area contributed by atoms with Gasteiger partial charge in [0.1, 0.15) is 6.54 Å². The zero-order valence-electron chi connectivity index (χ0n) is 9.62. The molecule has 0 aliphatic heterocycles. The topological polar surface area (TPSA) is 54.0 Å². The van der Waals surface area contributed by atoms with Crippen LogP contribution >= 0.6 is 11.5 Å². The third kappa shape index (κ3) is 4.09. The Labute approximate surface area is 110 Å². The number of rotatable bonds is 4. The molecule has 1 heterocycles. The van der Waals surface area contributed by atoms with E-state index in [0.29, 0.717) is 5.69 Å². The van der Waals surface area contributed by atoms with Crippen molar-refractivity contribution in [2.75, 3.05) is 18.4 Å². The van der Waals surface area contributed by atoms with E-state index >= 15 is 0 Å². The largest absolute Gasteiger partial charge is 0.405 e. The number of carbonyl (C=O) groups excluding carboxylic acids is 1. The van der Waals surface area contributed by atoms with E-state index in [4.69, 9.17) is 0 Å². The number of benzene rings is 1. The number of anilines is 1. The molecule has 2 aromatic rings. The van der Waals surface area contributed by atoms with Crippen LogP contribution in [0.2, 0.25) is 0 Å². The SMILES string of the molecule is O=C(CNc1ccc2sncc2c1)NCC(F)(F)F. The van der Waals surface area contributed by atoms with Crippen LogP contribution in [0.1, 0.15) is 0 Å². The van der Waals surface area contributed by atoms with Gasteiger partial charge in [0, 0.05) is 17.3 Å². The maximum Gasteiger partial charge on any atom is 0.405 e. The first kappa shape index (κ1) is 13.6. The molecular weight excluding hydrogens is 279 g/mol. The number of amides is 1. The zero-order valence-corrected chi connectivity index (χ0v) is 10.4. The molecule has 0 saturated carbocycles. The maximum absolute atomic E-state index is 11.9. The van der Waals surface area contributed by atoms with Crippen molar-refractivity contribution in [3.63, 3.8) is 0 Å². The summed E-state index contributed by atoms with van der Waals surface area (Å²) in [4.78, 5) is 11.2. The summed E-state index contributed by atoms with van der Waals surface area (Å²) in [5.74, 6) is -0.708. The molecule has 2 N–H and O–H groups in total. The first-order valence-electron chi connectivity index (χ1n) is 5.36. The number of hydrogen-bond acceptors (Lipinski definition) is 4. The van der Waals surface area contributed by atoms with Crippen molar-refractivity contribution >= 4 is 33.2 Å². The molecule has 0 aliphatic rings. The summed E-state index contributed by atoms with van der Waals surface area (Å²) in [6.45, 7) is -1.53. The minimum Gasteiger partial charge on any atom is -0.376 e. The highest BCUT2D eigenvalue weighted by molar-refractivity contribution is 7.13. The van der Waals surface area contributed by atoms with Crippen molar-refractivity contribution in [3.05, 3.63) is 24.4 Å². The molecule has 0 atom stereocenters. The van der Waals surface area contributed by atoms with Gasteiger partial charge < -0.3 is 10.6 Å². The first-order chi connectivity index (χ1) is 8.94. The van der Waals surface area contributed by atoms with Gasteiger partial charge in [-0.15, -0.1) is 0 Å². The number of nitrogens with zero attached hydrogens (tertiary/aromatic N) is 1. The Hall–Kier alpha value is -1.83. The van der Waals surface area contributed by atoms with Crippen LogP contribution in [0.4, 0.5) is 18.9 Å². The van der Waals surface area contributed by atoms with Gasteiger partial charge in [-0.05, 0) is 29.7 Å². The summed E-state index contributed by atoms with van der Waals surface area (Å²) in [6.07, 6.45) is -2.70. The van der Waals surface area contributed by atoms with Gasteiger partial charge in [0.15, 0.2) is 0 Å². The van der Waals surface area contributed by atoms with E-state index in [1.165, 1.54) is 11.5 Å². The molecule has 0 saturated heterocycles.